The average Bonchev–Trinajstić information content (AvgIpc) is 2.87. The Hall–Kier alpha value is -3.89. The molecular weight excluding hydrogens is 434 g/mol. The molecule has 0 bridgehead atoms. The van der Waals surface area contributed by atoms with E-state index in [9.17, 15) is 14.4 Å². The molecule has 3 aromatic rings. The van der Waals surface area contributed by atoms with Crippen LogP contribution in [0.15, 0.2) is 84.9 Å². The fraction of sp³-hybridized carbons (Fsp3) is 0.154. The third-order valence-corrected chi connectivity index (χ3v) is 5.89. The van der Waals surface area contributed by atoms with Crippen molar-refractivity contribution >= 4 is 29.4 Å². The summed E-state index contributed by atoms with van der Waals surface area (Å²) in [6.45, 7) is -0.143. The van der Waals surface area contributed by atoms with Gasteiger partial charge in [-0.2, -0.15) is 17.0 Å². The van der Waals surface area contributed by atoms with Crippen LogP contribution in [0.3, 0.4) is 0 Å². The highest BCUT2D eigenvalue weighted by Gasteiger charge is 2.22. The monoisotopic (exact) mass is 457 g/mol. The summed E-state index contributed by atoms with van der Waals surface area (Å²) < 4.78 is 0. The molecule has 6 nitrogen and oxygen atoms in total. The van der Waals surface area contributed by atoms with Crippen molar-refractivity contribution in [3.8, 4) is 6.07 Å². The van der Waals surface area contributed by atoms with E-state index in [-0.39, 0.29) is 17.9 Å². The number of nitrogens with zero attached hydrogens (tertiary/aromatic N) is 1. The third kappa shape index (κ3) is 7.06. The number of hydrogen-bond donors (Lipinski definition) is 2. The summed E-state index contributed by atoms with van der Waals surface area (Å²) in [4.78, 5) is 38.1. The summed E-state index contributed by atoms with van der Waals surface area (Å²) in [5.74, 6) is -0.0653. The smallest absolute Gasteiger partial charge is 0.251 e. The predicted molar refractivity (Wildman–Crippen MR) is 129 cm³/mol. The van der Waals surface area contributed by atoms with Gasteiger partial charge in [0, 0.05) is 28.2 Å². The van der Waals surface area contributed by atoms with E-state index in [1.54, 1.807) is 42.5 Å². The fourth-order valence-electron chi connectivity index (χ4n) is 3.10. The highest BCUT2D eigenvalue weighted by Crippen LogP contribution is 2.15. The topological polar surface area (TPSA) is 99.1 Å². The molecule has 7 heteroatoms. The van der Waals surface area contributed by atoms with Crippen LogP contribution < -0.4 is 10.6 Å². The first-order valence-corrected chi connectivity index (χ1v) is 11.5. The standard InChI is InChI=1S/C26H23N3O3S/c27-14-15-28-26(32)23(18-33-17-19-8-3-1-4-9-19)29-25(31)22-13-7-12-21(16-22)24(30)20-10-5-2-6-11-20/h1-13,16,23H,15,17-18H2,(H,28,32)(H,29,31). The summed E-state index contributed by atoms with van der Waals surface area (Å²) in [5, 5.41) is 14.0. The lowest BCUT2D eigenvalue weighted by molar-refractivity contribution is -0.122. The van der Waals surface area contributed by atoms with Gasteiger partial charge in [0.2, 0.25) is 5.91 Å². The van der Waals surface area contributed by atoms with E-state index in [0.717, 1.165) is 5.56 Å². The minimum absolute atomic E-state index is 0.143. The Kier molecular flexibility index (Phi) is 8.80. The van der Waals surface area contributed by atoms with Gasteiger partial charge < -0.3 is 10.6 Å². The van der Waals surface area contributed by atoms with Crippen molar-refractivity contribution in [2.45, 2.75) is 11.8 Å². The van der Waals surface area contributed by atoms with Gasteiger partial charge in [-0.15, -0.1) is 0 Å². The van der Waals surface area contributed by atoms with Gasteiger partial charge in [0.25, 0.3) is 5.91 Å². The van der Waals surface area contributed by atoms with E-state index in [2.05, 4.69) is 10.6 Å². The molecule has 0 saturated carbocycles. The Bertz CT molecular complexity index is 1140. The number of nitriles is 1. The molecule has 0 saturated heterocycles. The molecule has 2 N–H and O–H groups in total. The van der Waals surface area contributed by atoms with E-state index in [1.807, 2.05) is 42.5 Å². The van der Waals surface area contributed by atoms with Crippen LogP contribution in [0.5, 0.6) is 0 Å². The lowest BCUT2D eigenvalue weighted by Gasteiger charge is -2.18. The van der Waals surface area contributed by atoms with Crippen LogP contribution in [-0.4, -0.2) is 35.9 Å². The minimum Gasteiger partial charge on any atom is -0.341 e. The number of rotatable bonds is 10. The van der Waals surface area contributed by atoms with Gasteiger partial charge in [0.05, 0.1) is 6.07 Å². The molecule has 3 rings (SSSR count). The second-order valence-corrected chi connectivity index (χ2v) is 8.21. The highest BCUT2D eigenvalue weighted by molar-refractivity contribution is 7.98. The zero-order chi connectivity index (χ0) is 23.5. The number of carbonyl (C=O) groups excluding carboxylic acids is 3. The van der Waals surface area contributed by atoms with E-state index in [0.29, 0.717) is 22.6 Å². The van der Waals surface area contributed by atoms with Crippen LogP contribution in [0, 0.1) is 11.3 Å². The summed E-state index contributed by atoms with van der Waals surface area (Å²) in [5.41, 5.74) is 2.30. The van der Waals surface area contributed by atoms with Gasteiger partial charge in [-0.05, 0) is 17.7 Å². The van der Waals surface area contributed by atoms with Crippen molar-refractivity contribution in [1.82, 2.24) is 10.6 Å². The van der Waals surface area contributed by atoms with E-state index in [4.69, 9.17) is 5.26 Å². The molecule has 33 heavy (non-hydrogen) atoms. The second kappa shape index (κ2) is 12.2. The number of thioether (sulfide) groups is 1. The first-order valence-electron chi connectivity index (χ1n) is 10.4. The molecule has 0 aliphatic heterocycles. The molecule has 0 fully saturated rings. The summed E-state index contributed by atoms with van der Waals surface area (Å²) in [7, 11) is 0. The maximum Gasteiger partial charge on any atom is 0.251 e. The molecule has 0 heterocycles. The number of hydrogen-bond acceptors (Lipinski definition) is 5. The van der Waals surface area contributed by atoms with Gasteiger partial charge in [-0.1, -0.05) is 72.8 Å². The van der Waals surface area contributed by atoms with Gasteiger partial charge in [0.15, 0.2) is 5.78 Å². The molecule has 0 aliphatic rings. The largest absolute Gasteiger partial charge is 0.341 e. The Morgan fingerprint density at radius 3 is 2.18 bits per heavy atom. The Labute approximate surface area is 197 Å². The van der Waals surface area contributed by atoms with Crippen molar-refractivity contribution in [1.29, 1.82) is 5.26 Å². The molecular formula is C26H23N3O3S. The Balaban J connectivity index is 1.69. The van der Waals surface area contributed by atoms with E-state index in [1.165, 1.54) is 17.8 Å². The van der Waals surface area contributed by atoms with Crippen LogP contribution in [-0.2, 0) is 10.5 Å². The quantitative estimate of drug-likeness (QED) is 0.358. The minimum atomic E-state index is -0.826. The lowest BCUT2D eigenvalue weighted by Crippen LogP contribution is -2.48. The summed E-state index contributed by atoms with van der Waals surface area (Å²) in [6, 6.07) is 26.1. The van der Waals surface area contributed by atoms with Crippen LogP contribution in [0.2, 0.25) is 0 Å². The first-order chi connectivity index (χ1) is 16.1. The number of ketones is 1. The molecule has 3 aromatic carbocycles. The van der Waals surface area contributed by atoms with Crippen LogP contribution in [0.25, 0.3) is 0 Å². The summed E-state index contributed by atoms with van der Waals surface area (Å²) in [6.07, 6.45) is 0. The Morgan fingerprint density at radius 2 is 1.48 bits per heavy atom. The molecule has 0 radical (unpaired) electrons. The molecule has 2 amide bonds. The maximum absolute atomic E-state index is 12.9. The fourth-order valence-corrected chi connectivity index (χ4v) is 4.12. The van der Waals surface area contributed by atoms with Crippen LogP contribution in [0.4, 0.5) is 0 Å². The zero-order valence-electron chi connectivity index (χ0n) is 17.9. The van der Waals surface area contributed by atoms with Crippen LogP contribution >= 0.6 is 11.8 Å². The van der Waals surface area contributed by atoms with Crippen molar-refractivity contribution in [2.24, 2.45) is 0 Å². The van der Waals surface area contributed by atoms with Crippen molar-refractivity contribution in [2.75, 3.05) is 12.3 Å². The molecule has 0 aliphatic carbocycles. The number of nitrogens with one attached hydrogen (secondary N) is 2. The van der Waals surface area contributed by atoms with Crippen LogP contribution in [0.1, 0.15) is 31.8 Å². The number of benzene rings is 3. The average molecular weight is 458 g/mol. The highest BCUT2D eigenvalue weighted by atomic mass is 32.2. The SMILES string of the molecule is N#CCNC(=O)C(CSCc1ccccc1)NC(=O)c1cccc(C(=O)c2ccccc2)c1. The Morgan fingerprint density at radius 1 is 0.848 bits per heavy atom. The van der Waals surface area contributed by atoms with Crippen molar-refractivity contribution in [3.05, 3.63) is 107 Å². The van der Waals surface area contributed by atoms with Gasteiger partial charge in [-0.3, -0.25) is 14.4 Å². The molecule has 1 unspecified atom stereocenters. The maximum atomic E-state index is 12.9. The third-order valence-electron chi connectivity index (χ3n) is 4.78. The first kappa shape index (κ1) is 23.8. The molecule has 0 aromatic heterocycles. The molecule has 166 valence electrons. The normalized spacial score (nSPS) is 11.1. The number of carbonyl (C=O) groups is 3. The molecule has 0 spiro atoms. The van der Waals surface area contributed by atoms with Gasteiger partial charge in [0.1, 0.15) is 12.6 Å². The molecule has 1 atom stereocenters. The lowest BCUT2D eigenvalue weighted by atomic mass is 10.0. The van der Waals surface area contributed by atoms with E-state index < -0.39 is 17.9 Å². The summed E-state index contributed by atoms with van der Waals surface area (Å²) >= 11 is 1.51. The van der Waals surface area contributed by atoms with E-state index >= 15 is 0 Å². The zero-order valence-corrected chi connectivity index (χ0v) is 18.7. The number of amides is 2. The van der Waals surface area contributed by atoms with Gasteiger partial charge in [-0.25, -0.2) is 0 Å². The van der Waals surface area contributed by atoms with Crippen molar-refractivity contribution in [3.63, 3.8) is 0 Å². The van der Waals surface area contributed by atoms with Gasteiger partial charge >= 0.3 is 0 Å². The van der Waals surface area contributed by atoms with Crippen molar-refractivity contribution < 1.29 is 14.4 Å². The predicted octanol–water partition coefficient (Wildman–Crippen LogP) is 3.59. The second-order valence-electron chi connectivity index (χ2n) is 7.18.